The Morgan fingerprint density at radius 1 is 1.22 bits per heavy atom. The van der Waals surface area contributed by atoms with Gasteiger partial charge < -0.3 is 10.4 Å². The topological polar surface area (TPSA) is 99.2 Å². The van der Waals surface area contributed by atoms with Crippen LogP contribution in [0.5, 0.6) is 0 Å². The fourth-order valence-corrected chi connectivity index (χ4v) is 1.74. The molecular weight excluding hydrogens is 315 g/mol. The minimum atomic E-state index is -4.70. The van der Waals surface area contributed by atoms with Gasteiger partial charge in [-0.1, -0.05) is 12.1 Å². The summed E-state index contributed by atoms with van der Waals surface area (Å²) >= 11 is 0. The highest BCUT2D eigenvalue weighted by molar-refractivity contribution is 5.89. The average Bonchev–Trinajstić information content (AvgIpc) is 2.51. The molecule has 0 aliphatic heterocycles. The second kappa shape index (κ2) is 7.09. The number of amides is 2. The fourth-order valence-electron chi connectivity index (χ4n) is 1.74. The molecule has 10 heteroatoms. The van der Waals surface area contributed by atoms with Crippen LogP contribution in [0.2, 0.25) is 0 Å². The third-order valence-corrected chi connectivity index (χ3v) is 2.77. The van der Waals surface area contributed by atoms with E-state index < -0.39 is 18.0 Å². The molecule has 0 bridgehead atoms. The highest BCUT2D eigenvalue weighted by atomic mass is 19.4. The molecule has 23 heavy (non-hydrogen) atoms. The second-order valence-corrected chi connectivity index (χ2v) is 4.49. The molecule has 0 radical (unpaired) electrons. The molecule has 0 fully saturated rings. The number of hydrogen-bond acceptors (Lipinski definition) is 5. The van der Waals surface area contributed by atoms with E-state index in [1.54, 1.807) is 12.1 Å². The molecule has 2 rings (SSSR count). The van der Waals surface area contributed by atoms with E-state index in [9.17, 15) is 18.0 Å². The molecule has 2 aromatic rings. The lowest BCUT2D eigenvalue weighted by molar-refractivity contribution is -0.144. The van der Waals surface area contributed by atoms with Crippen molar-refractivity contribution in [2.75, 3.05) is 18.6 Å². The van der Waals surface area contributed by atoms with Gasteiger partial charge in [-0.2, -0.15) is 13.2 Å². The maximum atomic E-state index is 12.8. The van der Waals surface area contributed by atoms with Gasteiger partial charge in [0, 0.05) is 18.5 Å². The number of aliphatic hydroxyl groups excluding tert-OH is 1. The maximum Gasteiger partial charge on any atom is 0.451 e. The molecule has 124 valence electrons. The monoisotopic (exact) mass is 329 g/mol. The van der Waals surface area contributed by atoms with Crippen LogP contribution in [0.1, 0.15) is 12.2 Å². The summed E-state index contributed by atoms with van der Waals surface area (Å²) in [6, 6.07) is 5.46. The van der Waals surface area contributed by atoms with Gasteiger partial charge in [-0.15, -0.1) is 0 Å². The molecule has 2 amide bonds. The Morgan fingerprint density at radius 3 is 2.65 bits per heavy atom. The van der Waals surface area contributed by atoms with E-state index in [4.69, 9.17) is 5.11 Å². The number of carbonyl (C=O) groups is 1. The number of nitrogens with zero attached hydrogens (tertiary/aromatic N) is 2. The molecule has 0 aliphatic carbocycles. The molecule has 1 heterocycles. The van der Waals surface area contributed by atoms with Crippen LogP contribution in [0.25, 0.3) is 10.9 Å². The van der Waals surface area contributed by atoms with Gasteiger partial charge in [0.2, 0.25) is 5.82 Å². The average molecular weight is 329 g/mol. The maximum absolute atomic E-state index is 12.8. The van der Waals surface area contributed by atoms with Gasteiger partial charge in [-0.3, -0.25) is 10.9 Å². The second-order valence-electron chi connectivity index (χ2n) is 4.49. The number of benzene rings is 1. The number of carbonyl (C=O) groups excluding carboxylic acids is 1. The Balaban J connectivity index is 2.20. The van der Waals surface area contributed by atoms with Crippen LogP contribution in [0.15, 0.2) is 24.3 Å². The van der Waals surface area contributed by atoms with Crippen molar-refractivity contribution in [3.63, 3.8) is 0 Å². The van der Waals surface area contributed by atoms with Crippen molar-refractivity contribution in [2.45, 2.75) is 12.6 Å². The molecule has 0 saturated heterocycles. The van der Waals surface area contributed by atoms with Gasteiger partial charge in [0.15, 0.2) is 5.82 Å². The van der Waals surface area contributed by atoms with Crippen molar-refractivity contribution < 1.29 is 23.1 Å². The van der Waals surface area contributed by atoms with Gasteiger partial charge >= 0.3 is 12.2 Å². The van der Waals surface area contributed by atoms with E-state index >= 15 is 0 Å². The smallest absolute Gasteiger partial charge is 0.396 e. The highest BCUT2D eigenvalue weighted by Gasteiger charge is 2.35. The van der Waals surface area contributed by atoms with Crippen LogP contribution in [0.4, 0.5) is 23.8 Å². The standard InChI is InChI=1S/C13H14F3N5O2/c14-13(15,16)11-18-9-5-2-1-4-8(9)10(19-11)20-21-12(23)17-6-3-7-22/h1-2,4-5,22H,3,6-7H2,(H2,17,21,23)(H,18,19,20). The predicted octanol–water partition coefficient (Wildman–Crippen LogP) is 1.66. The molecule has 4 N–H and O–H groups in total. The minimum absolute atomic E-state index is 0.0841. The Hall–Kier alpha value is -2.62. The summed E-state index contributed by atoms with van der Waals surface area (Å²) < 4.78 is 38.5. The van der Waals surface area contributed by atoms with Gasteiger partial charge in [-0.05, 0) is 18.6 Å². The lowest BCUT2D eigenvalue weighted by Gasteiger charge is -2.13. The van der Waals surface area contributed by atoms with Gasteiger partial charge in [0.25, 0.3) is 0 Å². The zero-order valence-electron chi connectivity index (χ0n) is 11.8. The fraction of sp³-hybridized carbons (Fsp3) is 0.308. The van der Waals surface area contributed by atoms with Crippen molar-refractivity contribution in [3.8, 4) is 0 Å². The van der Waals surface area contributed by atoms with Crippen LogP contribution in [0, 0.1) is 0 Å². The summed E-state index contributed by atoms with van der Waals surface area (Å²) in [6.45, 7) is 0.140. The number of alkyl halides is 3. The van der Waals surface area contributed by atoms with Crippen molar-refractivity contribution in [3.05, 3.63) is 30.1 Å². The van der Waals surface area contributed by atoms with E-state index in [-0.39, 0.29) is 24.5 Å². The number of hydrogen-bond donors (Lipinski definition) is 4. The molecule has 0 saturated carbocycles. The molecule has 1 aromatic heterocycles. The normalized spacial score (nSPS) is 11.3. The number of nitrogens with one attached hydrogen (secondary N) is 3. The number of anilines is 1. The largest absolute Gasteiger partial charge is 0.451 e. The summed E-state index contributed by atoms with van der Waals surface area (Å²) in [5.41, 5.74) is 4.64. The van der Waals surface area contributed by atoms with Crippen molar-refractivity contribution >= 4 is 22.8 Å². The van der Waals surface area contributed by atoms with Crippen LogP contribution in [-0.4, -0.2) is 34.3 Å². The quantitative estimate of drug-likeness (QED) is 0.494. The van der Waals surface area contributed by atoms with E-state index in [1.807, 2.05) is 0 Å². The molecule has 7 nitrogen and oxygen atoms in total. The van der Waals surface area contributed by atoms with Crippen molar-refractivity contribution in [2.24, 2.45) is 0 Å². The predicted molar refractivity (Wildman–Crippen MR) is 76.4 cm³/mol. The lowest BCUT2D eigenvalue weighted by atomic mass is 10.2. The summed E-state index contributed by atoms with van der Waals surface area (Å²) in [7, 11) is 0. The Bertz CT molecular complexity index is 693. The zero-order chi connectivity index (χ0) is 16.9. The molecular formula is C13H14F3N5O2. The van der Waals surface area contributed by atoms with Crippen molar-refractivity contribution in [1.29, 1.82) is 0 Å². The number of aliphatic hydroxyl groups is 1. The van der Waals surface area contributed by atoms with Crippen LogP contribution < -0.4 is 16.2 Å². The van der Waals surface area contributed by atoms with E-state index in [2.05, 4.69) is 26.1 Å². The van der Waals surface area contributed by atoms with Gasteiger partial charge in [0.05, 0.1) is 5.52 Å². The van der Waals surface area contributed by atoms with Crippen LogP contribution >= 0.6 is 0 Å². The number of urea groups is 1. The zero-order valence-corrected chi connectivity index (χ0v) is 11.8. The number of rotatable bonds is 5. The number of aromatic nitrogens is 2. The SMILES string of the molecule is O=C(NCCCO)NNc1nc(C(F)(F)F)nc2ccccc12. The first-order valence-corrected chi connectivity index (χ1v) is 6.66. The first-order chi connectivity index (χ1) is 10.9. The molecule has 0 atom stereocenters. The third-order valence-electron chi connectivity index (χ3n) is 2.77. The highest BCUT2D eigenvalue weighted by Crippen LogP contribution is 2.29. The van der Waals surface area contributed by atoms with Crippen LogP contribution in [-0.2, 0) is 6.18 Å². The number of hydrazine groups is 1. The Labute approximate surface area is 128 Å². The summed E-state index contributed by atoms with van der Waals surface area (Å²) in [5.74, 6) is -1.47. The Kier molecular flexibility index (Phi) is 5.16. The molecule has 0 unspecified atom stereocenters. The third kappa shape index (κ3) is 4.42. The number of para-hydroxylation sites is 1. The summed E-state index contributed by atoms with van der Waals surface area (Å²) in [4.78, 5) is 18.4. The summed E-state index contributed by atoms with van der Waals surface area (Å²) in [6.07, 6.45) is -4.34. The minimum Gasteiger partial charge on any atom is -0.396 e. The Morgan fingerprint density at radius 2 is 1.96 bits per heavy atom. The number of fused-ring (bicyclic) bond motifs is 1. The summed E-state index contributed by atoms with van der Waals surface area (Å²) in [5, 5.41) is 11.3. The lowest BCUT2D eigenvalue weighted by Crippen LogP contribution is -2.40. The molecule has 0 spiro atoms. The van der Waals surface area contributed by atoms with E-state index in [0.29, 0.717) is 11.8 Å². The van der Waals surface area contributed by atoms with Gasteiger partial charge in [-0.25, -0.2) is 14.8 Å². The van der Waals surface area contributed by atoms with Crippen molar-refractivity contribution in [1.82, 2.24) is 20.7 Å². The first-order valence-electron chi connectivity index (χ1n) is 6.66. The van der Waals surface area contributed by atoms with Crippen LogP contribution in [0.3, 0.4) is 0 Å². The molecule has 0 aliphatic rings. The van der Waals surface area contributed by atoms with E-state index in [0.717, 1.165) is 0 Å². The number of halogens is 3. The molecule has 1 aromatic carbocycles. The first kappa shape index (κ1) is 16.7. The van der Waals surface area contributed by atoms with Gasteiger partial charge in [0.1, 0.15) is 0 Å². The van der Waals surface area contributed by atoms with E-state index in [1.165, 1.54) is 12.1 Å².